The standard InChI is InChI=1S/C10H16Cl.3C4H9.Sn/c1-2-3-4-5-6-7-8-9-10-11;3*1-3-4-2;/h2-3,8-9H,1,4-7,10H2;3*1,3-4H2,2H3;/b3-2+,9-8+;;;;. The Hall–Kier alpha value is 0.569. The molecule has 0 radical (unpaired) electrons. The minimum atomic E-state index is -1.90. The van der Waals surface area contributed by atoms with Gasteiger partial charge in [-0.3, -0.25) is 0 Å². The number of unbranched alkanes of at least 4 members (excludes halogenated alkanes) is 6. The normalized spacial score (nSPS) is 12.7. The van der Waals surface area contributed by atoms with E-state index in [1.807, 2.05) is 0 Å². The van der Waals surface area contributed by atoms with Gasteiger partial charge in [0, 0.05) is 0 Å². The molecule has 2 heteroatoms. The van der Waals surface area contributed by atoms with Gasteiger partial charge in [0.05, 0.1) is 0 Å². The molecule has 0 rings (SSSR count). The Labute approximate surface area is 162 Å². The Morgan fingerprint density at radius 3 is 1.50 bits per heavy atom. The van der Waals surface area contributed by atoms with Crippen LogP contribution < -0.4 is 0 Å². The third-order valence-electron chi connectivity index (χ3n) is 5.15. The molecule has 0 bridgehead atoms. The van der Waals surface area contributed by atoms with Crippen LogP contribution in [0, 0.1) is 0 Å². The number of rotatable bonds is 17. The van der Waals surface area contributed by atoms with Gasteiger partial charge >= 0.3 is 163 Å². The Morgan fingerprint density at radius 2 is 1.08 bits per heavy atom. The average molecular weight is 462 g/mol. The molecular formula is C22H43ClSn. The third-order valence-corrected chi connectivity index (χ3v) is 20.6. The fourth-order valence-corrected chi connectivity index (χ4v) is 18.9. The van der Waals surface area contributed by atoms with Crippen LogP contribution in [0.25, 0.3) is 0 Å². The van der Waals surface area contributed by atoms with Gasteiger partial charge in [-0.1, -0.05) is 0 Å². The minimum absolute atomic E-state index is 0.655. The van der Waals surface area contributed by atoms with E-state index >= 15 is 0 Å². The first-order chi connectivity index (χ1) is 11.7. The summed E-state index contributed by atoms with van der Waals surface area (Å²) < 4.78 is 6.43. The van der Waals surface area contributed by atoms with Crippen molar-refractivity contribution in [1.29, 1.82) is 0 Å². The van der Waals surface area contributed by atoms with Gasteiger partial charge in [0.15, 0.2) is 0 Å². The van der Waals surface area contributed by atoms with Crippen LogP contribution >= 0.6 is 11.6 Å². The summed E-state index contributed by atoms with van der Waals surface area (Å²) in [5.41, 5.74) is 0. The molecule has 0 atom stereocenters. The molecule has 0 aliphatic rings. The molecule has 0 aromatic heterocycles. The number of allylic oxidation sites excluding steroid dienone is 4. The Kier molecular flexibility index (Phi) is 18.8. The predicted octanol–water partition coefficient (Wildman–Crippen LogP) is 8.75. The van der Waals surface area contributed by atoms with Crippen LogP contribution in [0.1, 0.15) is 85.0 Å². The molecule has 0 saturated heterocycles. The van der Waals surface area contributed by atoms with E-state index in [4.69, 9.17) is 11.6 Å². The van der Waals surface area contributed by atoms with Crippen LogP contribution in [-0.4, -0.2) is 24.3 Å². The molecule has 0 aliphatic heterocycles. The zero-order valence-electron chi connectivity index (χ0n) is 16.8. The number of halogens is 1. The summed E-state index contributed by atoms with van der Waals surface area (Å²) in [5.74, 6) is 0.655. The summed E-state index contributed by atoms with van der Waals surface area (Å²) in [6.07, 6.45) is 23.1. The van der Waals surface area contributed by atoms with Gasteiger partial charge in [0.1, 0.15) is 0 Å². The van der Waals surface area contributed by atoms with Gasteiger partial charge in [0.25, 0.3) is 0 Å². The second-order valence-electron chi connectivity index (χ2n) is 7.40. The first-order valence-electron chi connectivity index (χ1n) is 10.6. The summed E-state index contributed by atoms with van der Waals surface area (Å²) in [5, 5.41) is 0. The molecule has 24 heavy (non-hydrogen) atoms. The fourth-order valence-electron chi connectivity index (χ4n) is 3.49. The molecule has 0 heterocycles. The second-order valence-corrected chi connectivity index (χ2v) is 21.7. The number of alkyl halides is 1. The van der Waals surface area contributed by atoms with Crippen LogP contribution in [0.5, 0.6) is 0 Å². The van der Waals surface area contributed by atoms with Gasteiger partial charge in [-0.25, -0.2) is 0 Å². The van der Waals surface area contributed by atoms with Gasteiger partial charge in [-0.05, 0) is 0 Å². The number of hydrogen-bond donors (Lipinski definition) is 0. The molecule has 0 unspecified atom stereocenters. The van der Waals surface area contributed by atoms with E-state index < -0.39 is 18.4 Å². The maximum atomic E-state index is 5.64. The molecule has 0 saturated carbocycles. The van der Waals surface area contributed by atoms with Gasteiger partial charge in [0.2, 0.25) is 0 Å². The molecule has 142 valence electrons. The van der Waals surface area contributed by atoms with E-state index in [0.29, 0.717) is 5.88 Å². The molecule has 0 nitrogen and oxygen atoms in total. The first-order valence-corrected chi connectivity index (χ1v) is 19.2. The predicted molar refractivity (Wildman–Crippen MR) is 117 cm³/mol. The van der Waals surface area contributed by atoms with Crippen molar-refractivity contribution in [3.05, 3.63) is 24.3 Å². The van der Waals surface area contributed by atoms with Crippen LogP contribution in [0.2, 0.25) is 17.7 Å². The van der Waals surface area contributed by atoms with Crippen molar-refractivity contribution in [2.24, 2.45) is 0 Å². The van der Waals surface area contributed by atoms with Crippen LogP contribution in [0.4, 0.5) is 0 Å². The third kappa shape index (κ3) is 13.8. The van der Waals surface area contributed by atoms with Crippen LogP contribution in [0.15, 0.2) is 24.3 Å². The zero-order chi connectivity index (χ0) is 17.9. The quantitative estimate of drug-likeness (QED) is 0.0879. The molecule has 0 amide bonds. The van der Waals surface area contributed by atoms with Crippen molar-refractivity contribution >= 4 is 30.0 Å². The van der Waals surface area contributed by atoms with Crippen molar-refractivity contribution in [2.45, 2.75) is 103 Å². The van der Waals surface area contributed by atoms with Gasteiger partial charge in [-0.15, -0.1) is 0 Å². The summed E-state index contributed by atoms with van der Waals surface area (Å²) in [6, 6.07) is 0. The molecule has 0 fully saturated rings. The van der Waals surface area contributed by atoms with E-state index in [1.165, 1.54) is 68.6 Å². The van der Waals surface area contributed by atoms with E-state index in [9.17, 15) is 0 Å². The van der Waals surface area contributed by atoms with Crippen molar-refractivity contribution in [3.63, 3.8) is 0 Å². The monoisotopic (exact) mass is 462 g/mol. The van der Waals surface area contributed by atoms with E-state index in [2.05, 4.69) is 45.1 Å². The Bertz CT molecular complexity index is 287. The van der Waals surface area contributed by atoms with Crippen molar-refractivity contribution in [2.75, 3.05) is 5.88 Å². The van der Waals surface area contributed by atoms with Crippen molar-refractivity contribution in [1.82, 2.24) is 0 Å². The fraction of sp³-hybridized carbons (Fsp3) is 0.818. The maximum absolute atomic E-state index is 5.64. The molecule has 0 aromatic rings. The molecular weight excluding hydrogens is 418 g/mol. The second kappa shape index (κ2) is 18.4. The van der Waals surface area contributed by atoms with Crippen molar-refractivity contribution in [3.8, 4) is 0 Å². The zero-order valence-corrected chi connectivity index (χ0v) is 20.4. The van der Waals surface area contributed by atoms with Crippen molar-refractivity contribution < 1.29 is 0 Å². The summed E-state index contributed by atoms with van der Waals surface area (Å²) in [4.78, 5) is 0. The van der Waals surface area contributed by atoms with Gasteiger partial charge in [-0.2, -0.15) is 0 Å². The van der Waals surface area contributed by atoms with E-state index in [1.54, 1.807) is 13.3 Å². The van der Waals surface area contributed by atoms with Crippen LogP contribution in [0.3, 0.4) is 0 Å². The summed E-state index contributed by atoms with van der Waals surface area (Å²) in [7, 11) is 0. The van der Waals surface area contributed by atoms with E-state index in [0.717, 1.165) is 0 Å². The Morgan fingerprint density at radius 1 is 0.625 bits per heavy atom. The van der Waals surface area contributed by atoms with Crippen LogP contribution in [-0.2, 0) is 0 Å². The molecule has 0 N–H and O–H groups in total. The summed E-state index contributed by atoms with van der Waals surface area (Å²) >= 11 is 3.74. The topological polar surface area (TPSA) is 0 Å². The van der Waals surface area contributed by atoms with Gasteiger partial charge < -0.3 is 0 Å². The average Bonchev–Trinajstić information content (AvgIpc) is 2.61. The van der Waals surface area contributed by atoms with E-state index in [-0.39, 0.29) is 0 Å². The first kappa shape index (κ1) is 24.6. The molecule has 0 aliphatic carbocycles. The molecule has 0 aromatic carbocycles. The SMILES string of the molecule is CCC[CH2][Sn]([CH2]/C=C/CCCC/C=C/CCl)([CH2]CCC)[CH2]CCC. The summed E-state index contributed by atoms with van der Waals surface area (Å²) in [6.45, 7) is 7.10. The Balaban J connectivity index is 4.33. The molecule has 0 spiro atoms. The number of hydrogen-bond acceptors (Lipinski definition) is 0.